The van der Waals surface area contributed by atoms with Gasteiger partial charge in [-0.15, -0.1) is 22.7 Å². The Kier molecular flexibility index (Phi) is 3.45. The number of hydrogen-bond donors (Lipinski definition) is 0. The smallest absolute Gasteiger partial charge is 0.264 e. The number of carbonyl (C=O) groups is 1. The van der Waals surface area contributed by atoms with Crippen molar-refractivity contribution in [1.29, 1.82) is 0 Å². The van der Waals surface area contributed by atoms with Gasteiger partial charge < -0.3 is 9.64 Å². The van der Waals surface area contributed by atoms with Crippen LogP contribution >= 0.6 is 22.7 Å². The minimum absolute atomic E-state index is 0.131. The Hall–Kier alpha value is -1.17. The molecule has 5 heteroatoms. The molecule has 2 aromatic heterocycles. The molecule has 0 spiro atoms. The third-order valence-corrected chi connectivity index (χ3v) is 4.75. The molecule has 0 N–H and O–H groups in total. The molecule has 0 aliphatic carbocycles. The van der Waals surface area contributed by atoms with E-state index in [0.29, 0.717) is 26.3 Å². The topological polar surface area (TPSA) is 29.5 Å². The van der Waals surface area contributed by atoms with E-state index in [9.17, 15) is 4.79 Å². The van der Waals surface area contributed by atoms with Crippen molar-refractivity contribution in [2.45, 2.75) is 0 Å². The summed E-state index contributed by atoms with van der Waals surface area (Å²) in [5.41, 5.74) is 1.15. The minimum atomic E-state index is 0.131. The number of amides is 1. The highest BCUT2D eigenvalue weighted by atomic mass is 32.1. The largest absolute Gasteiger partial charge is 0.378 e. The van der Waals surface area contributed by atoms with Gasteiger partial charge in [-0.3, -0.25) is 4.79 Å². The normalized spacial score (nSPS) is 15.9. The van der Waals surface area contributed by atoms with Crippen LogP contribution in [0.4, 0.5) is 0 Å². The number of thiophene rings is 2. The Bertz CT molecular complexity index is 527. The Labute approximate surface area is 114 Å². The predicted octanol–water partition coefficient (Wildman–Crippen LogP) is 2.95. The summed E-state index contributed by atoms with van der Waals surface area (Å²) >= 11 is 3.22. The monoisotopic (exact) mass is 279 g/mol. The molecule has 0 radical (unpaired) electrons. The zero-order valence-electron chi connectivity index (χ0n) is 9.80. The van der Waals surface area contributed by atoms with Crippen molar-refractivity contribution in [3.63, 3.8) is 0 Å². The van der Waals surface area contributed by atoms with E-state index in [1.165, 1.54) is 16.2 Å². The summed E-state index contributed by atoms with van der Waals surface area (Å²) in [4.78, 5) is 16.2. The summed E-state index contributed by atoms with van der Waals surface area (Å²) in [6.07, 6.45) is 0. The quantitative estimate of drug-likeness (QED) is 0.846. The molecule has 3 heterocycles. The van der Waals surface area contributed by atoms with Gasteiger partial charge in [0, 0.05) is 28.9 Å². The highest BCUT2D eigenvalue weighted by molar-refractivity contribution is 7.15. The molecule has 1 saturated heterocycles. The number of ether oxygens (including phenoxy) is 1. The molecule has 1 amide bonds. The Balaban J connectivity index is 1.78. The lowest BCUT2D eigenvalue weighted by Gasteiger charge is -2.26. The molecule has 3 nitrogen and oxygen atoms in total. The van der Waals surface area contributed by atoms with Crippen LogP contribution in [0.15, 0.2) is 29.0 Å². The minimum Gasteiger partial charge on any atom is -0.378 e. The number of nitrogens with zero attached hydrogens (tertiary/aromatic N) is 1. The highest BCUT2D eigenvalue weighted by Gasteiger charge is 2.20. The van der Waals surface area contributed by atoms with E-state index in [2.05, 4.69) is 16.8 Å². The van der Waals surface area contributed by atoms with Crippen molar-refractivity contribution in [2.75, 3.05) is 26.3 Å². The lowest BCUT2D eigenvalue weighted by atomic mass is 10.2. The van der Waals surface area contributed by atoms with Crippen molar-refractivity contribution in [2.24, 2.45) is 0 Å². The summed E-state index contributed by atoms with van der Waals surface area (Å²) in [5.74, 6) is 0.131. The lowest BCUT2D eigenvalue weighted by Crippen LogP contribution is -2.40. The molecule has 18 heavy (non-hydrogen) atoms. The first-order valence-corrected chi connectivity index (χ1v) is 7.60. The van der Waals surface area contributed by atoms with E-state index in [0.717, 1.165) is 10.4 Å². The van der Waals surface area contributed by atoms with Gasteiger partial charge in [0.15, 0.2) is 0 Å². The molecule has 94 valence electrons. The molecular formula is C13H13NO2S2. The third kappa shape index (κ3) is 2.34. The molecule has 1 fully saturated rings. The second-order valence-corrected chi connectivity index (χ2v) is 5.94. The number of morpholine rings is 1. The van der Waals surface area contributed by atoms with Crippen LogP contribution in [0, 0.1) is 0 Å². The second kappa shape index (κ2) is 5.22. The Morgan fingerprint density at radius 3 is 2.83 bits per heavy atom. The molecular weight excluding hydrogens is 266 g/mol. The zero-order valence-corrected chi connectivity index (χ0v) is 11.4. The summed E-state index contributed by atoms with van der Waals surface area (Å²) in [6, 6.07) is 6.10. The fourth-order valence-electron chi connectivity index (χ4n) is 1.94. The van der Waals surface area contributed by atoms with E-state index < -0.39 is 0 Å². The first-order valence-electron chi connectivity index (χ1n) is 5.84. The van der Waals surface area contributed by atoms with Gasteiger partial charge in [-0.25, -0.2) is 0 Å². The van der Waals surface area contributed by atoms with Crippen LogP contribution in [0.25, 0.3) is 10.4 Å². The molecule has 0 saturated carbocycles. The molecule has 0 bridgehead atoms. The Morgan fingerprint density at radius 2 is 2.11 bits per heavy atom. The summed E-state index contributed by atoms with van der Waals surface area (Å²) in [7, 11) is 0. The van der Waals surface area contributed by atoms with Crippen LogP contribution in [-0.2, 0) is 4.74 Å². The predicted molar refractivity (Wildman–Crippen MR) is 74.4 cm³/mol. The van der Waals surface area contributed by atoms with Crippen LogP contribution in [0.2, 0.25) is 0 Å². The van der Waals surface area contributed by atoms with Crippen molar-refractivity contribution in [3.8, 4) is 10.4 Å². The molecule has 2 aromatic rings. The molecule has 0 aromatic carbocycles. The van der Waals surface area contributed by atoms with Crippen LogP contribution in [0.1, 0.15) is 9.67 Å². The van der Waals surface area contributed by atoms with Crippen molar-refractivity contribution >= 4 is 28.6 Å². The van der Waals surface area contributed by atoms with Gasteiger partial charge in [-0.05, 0) is 17.5 Å². The first kappa shape index (κ1) is 11.9. The Morgan fingerprint density at radius 1 is 1.28 bits per heavy atom. The number of carbonyl (C=O) groups excluding carboxylic acids is 1. The second-order valence-electron chi connectivity index (χ2n) is 4.08. The first-order chi connectivity index (χ1) is 8.84. The summed E-state index contributed by atoms with van der Waals surface area (Å²) in [6.45, 7) is 2.69. The van der Waals surface area contributed by atoms with Crippen LogP contribution in [-0.4, -0.2) is 37.1 Å². The number of rotatable bonds is 2. The average Bonchev–Trinajstić information content (AvgIpc) is 3.09. The van der Waals surface area contributed by atoms with Gasteiger partial charge in [0.25, 0.3) is 5.91 Å². The van der Waals surface area contributed by atoms with Gasteiger partial charge in [0.2, 0.25) is 0 Å². The van der Waals surface area contributed by atoms with E-state index in [1.807, 2.05) is 17.0 Å². The van der Waals surface area contributed by atoms with Crippen LogP contribution in [0.3, 0.4) is 0 Å². The van der Waals surface area contributed by atoms with Gasteiger partial charge >= 0.3 is 0 Å². The fraction of sp³-hybridized carbons (Fsp3) is 0.308. The van der Waals surface area contributed by atoms with Crippen molar-refractivity contribution in [3.05, 3.63) is 33.8 Å². The molecule has 0 unspecified atom stereocenters. The molecule has 1 aliphatic rings. The lowest BCUT2D eigenvalue weighted by molar-refractivity contribution is 0.0306. The van der Waals surface area contributed by atoms with Gasteiger partial charge in [0.05, 0.1) is 18.1 Å². The van der Waals surface area contributed by atoms with E-state index in [1.54, 1.807) is 11.3 Å². The average molecular weight is 279 g/mol. The molecule has 3 rings (SSSR count). The molecule has 1 aliphatic heterocycles. The molecule has 0 atom stereocenters. The summed E-state index contributed by atoms with van der Waals surface area (Å²) in [5, 5.41) is 4.11. The van der Waals surface area contributed by atoms with E-state index >= 15 is 0 Å². The van der Waals surface area contributed by atoms with Crippen LogP contribution < -0.4 is 0 Å². The van der Waals surface area contributed by atoms with E-state index in [4.69, 9.17) is 4.74 Å². The van der Waals surface area contributed by atoms with Crippen molar-refractivity contribution in [1.82, 2.24) is 4.90 Å². The van der Waals surface area contributed by atoms with Gasteiger partial charge in [-0.2, -0.15) is 0 Å². The summed E-state index contributed by atoms with van der Waals surface area (Å²) < 4.78 is 5.26. The SMILES string of the molecule is O=C(c1cc(-c2cccs2)cs1)N1CCOCC1. The van der Waals surface area contributed by atoms with E-state index in [-0.39, 0.29) is 5.91 Å². The van der Waals surface area contributed by atoms with Gasteiger partial charge in [0.1, 0.15) is 0 Å². The van der Waals surface area contributed by atoms with Crippen molar-refractivity contribution < 1.29 is 9.53 Å². The highest BCUT2D eigenvalue weighted by Crippen LogP contribution is 2.29. The number of hydrogen-bond acceptors (Lipinski definition) is 4. The third-order valence-electron chi connectivity index (χ3n) is 2.91. The standard InChI is InChI=1S/C13H13NO2S2/c15-13(14-3-5-16-6-4-14)12-8-10(9-18-12)11-2-1-7-17-11/h1-2,7-9H,3-6H2. The van der Waals surface area contributed by atoms with Crippen LogP contribution in [0.5, 0.6) is 0 Å². The fourth-order valence-corrected chi connectivity index (χ4v) is 3.61. The zero-order chi connectivity index (χ0) is 12.4. The maximum Gasteiger partial charge on any atom is 0.264 e. The maximum absolute atomic E-state index is 12.3. The van der Waals surface area contributed by atoms with Gasteiger partial charge in [-0.1, -0.05) is 6.07 Å². The maximum atomic E-state index is 12.3.